The topological polar surface area (TPSA) is 162 Å². The van der Waals surface area contributed by atoms with Gasteiger partial charge in [0.25, 0.3) is 0 Å². The first kappa shape index (κ1) is 46.7. The Bertz CT molecular complexity index is 1990. The third kappa shape index (κ3) is 18.4. The molecule has 0 unspecified atom stereocenters. The number of carbonyl (C=O) groups is 5. The van der Waals surface area contributed by atoms with Crippen LogP contribution in [0, 0.1) is 23.7 Å². The van der Waals surface area contributed by atoms with Crippen molar-refractivity contribution < 1.29 is 47.7 Å². The smallest absolute Gasteiger partial charge is 0.412 e. The summed E-state index contributed by atoms with van der Waals surface area (Å²) in [5.41, 5.74) is 1.51. The number of rotatable bonds is 9. The highest BCUT2D eigenvalue weighted by Crippen LogP contribution is 2.18. The number of esters is 1. The summed E-state index contributed by atoms with van der Waals surface area (Å²) >= 11 is 0. The standard InChI is InChI=1S/C45H54N4O10/c1-43(2,3)57-38(50)35-25-31(18-14-22-55-41(53)48(10)29-33-16-12-20-36(27-33)46-39(51)58-44(4,5)6)24-32(26-35)19-15-23-56-42(54)49(11)30-34-17-13-21-37(28-34)47-40(52)59-45(7,8)9/h12-13,16-17,20-21,24-28H,22-23,29-30H2,1-11H3,(H,46,51)(H,47,52). The molecule has 0 aliphatic carbocycles. The number of hydrogen-bond acceptors (Lipinski definition) is 10. The van der Waals surface area contributed by atoms with Crippen molar-refractivity contribution in [2.45, 2.75) is 92.2 Å². The van der Waals surface area contributed by atoms with Crippen LogP contribution in [0.1, 0.15) is 94.9 Å². The molecule has 0 fully saturated rings. The lowest BCUT2D eigenvalue weighted by Crippen LogP contribution is -2.28. The predicted molar refractivity (Wildman–Crippen MR) is 224 cm³/mol. The number of anilines is 2. The highest BCUT2D eigenvalue weighted by atomic mass is 16.6. The number of nitrogens with one attached hydrogen (secondary N) is 2. The first-order valence-electron chi connectivity index (χ1n) is 18.7. The van der Waals surface area contributed by atoms with Gasteiger partial charge in [-0.25, -0.2) is 24.0 Å². The summed E-state index contributed by atoms with van der Waals surface area (Å²) in [4.78, 5) is 65.5. The number of carbonyl (C=O) groups excluding carboxylic acids is 5. The molecule has 59 heavy (non-hydrogen) atoms. The van der Waals surface area contributed by atoms with Crippen LogP contribution < -0.4 is 10.6 Å². The molecule has 4 amide bonds. The molecular formula is C45H54N4O10. The Labute approximate surface area is 346 Å². The van der Waals surface area contributed by atoms with Crippen molar-refractivity contribution >= 4 is 41.7 Å². The van der Waals surface area contributed by atoms with Crippen LogP contribution in [-0.2, 0) is 36.8 Å². The van der Waals surface area contributed by atoms with E-state index in [2.05, 4.69) is 34.3 Å². The molecule has 2 N–H and O–H groups in total. The monoisotopic (exact) mass is 810 g/mol. The van der Waals surface area contributed by atoms with E-state index >= 15 is 0 Å². The summed E-state index contributed by atoms with van der Waals surface area (Å²) in [6, 6.07) is 18.7. The highest BCUT2D eigenvalue weighted by molar-refractivity contribution is 5.91. The number of benzene rings is 3. The van der Waals surface area contributed by atoms with Crippen molar-refractivity contribution in [3.63, 3.8) is 0 Å². The maximum atomic E-state index is 13.0. The molecule has 14 heteroatoms. The van der Waals surface area contributed by atoms with E-state index in [1.54, 1.807) is 143 Å². The van der Waals surface area contributed by atoms with Crippen molar-refractivity contribution in [1.29, 1.82) is 0 Å². The molecule has 314 valence electrons. The van der Waals surface area contributed by atoms with Gasteiger partial charge in [-0.1, -0.05) is 47.9 Å². The maximum Gasteiger partial charge on any atom is 0.412 e. The molecule has 3 rings (SSSR count). The molecular weight excluding hydrogens is 757 g/mol. The second-order valence-corrected chi connectivity index (χ2v) is 16.4. The molecule has 0 saturated heterocycles. The Morgan fingerprint density at radius 3 is 1.32 bits per heavy atom. The average Bonchev–Trinajstić information content (AvgIpc) is 3.09. The average molecular weight is 811 g/mol. The molecule has 0 heterocycles. The van der Waals surface area contributed by atoms with Gasteiger partial charge in [0.1, 0.15) is 16.8 Å². The van der Waals surface area contributed by atoms with E-state index in [4.69, 9.17) is 23.7 Å². The Morgan fingerprint density at radius 2 is 0.949 bits per heavy atom. The Morgan fingerprint density at radius 1 is 0.559 bits per heavy atom. The first-order chi connectivity index (χ1) is 27.4. The molecule has 0 atom stereocenters. The Kier molecular flexibility index (Phi) is 16.4. The quantitative estimate of drug-likeness (QED) is 0.122. The van der Waals surface area contributed by atoms with E-state index in [0.717, 1.165) is 11.1 Å². The predicted octanol–water partition coefficient (Wildman–Crippen LogP) is 8.58. The van der Waals surface area contributed by atoms with Crippen molar-refractivity contribution in [3.8, 4) is 23.7 Å². The van der Waals surface area contributed by atoms with Crippen LogP contribution in [0.5, 0.6) is 0 Å². The van der Waals surface area contributed by atoms with Crippen LogP contribution in [0.4, 0.5) is 30.6 Å². The summed E-state index contributed by atoms with van der Waals surface area (Å²) in [7, 11) is 3.14. The zero-order valence-corrected chi connectivity index (χ0v) is 35.7. The van der Waals surface area contributed by atoms with Crippen LogP contribution in [0.25, 0.3) is 0 Å². The number of nitrogens with zero attached hydrogens (tertiary/aromatic N) is 2. The minimum atomic E-state index is -0.753. The molecule has 3 aromatic carbocycles. The van der Waals surface area contributed by atoms with Gasteiger partial charge in [-0.2, -0.15) is 0 Å². The molecule has 0 aliphatic rings. The molecule has 0 aliphatic heterocycles. The van der Waals surface area contributed by atoms with Gasteiger partial charge in [0.15, 0.2) is 13.2 Å². The lowest BCUT2D eigenvalue weighted by atomic mass is 10.1. The molecule has 0 spiro atoms. The summed E-state index contributed by atoms with van der Waals surface area (Å²) in [5, 5.41) is 5.36. The second-order valence-electron chi connectivity index (χ2n) is 16.4. The summed E-state index contributed by atoms with van der Waals surface area (Å²) in [6.07, 6.45) is -2.42. The zero-order chi connectivity index (χ0) is 44.0. The van der Waals surface area contributed by atoms with Gasteiger partial charge in [-0.15, -0.1) is 0 Å². The normalized spacial score (nSPS) is 11.0. The third-order valence-electron chi connectivity index (χ3n) is 7.18. The summed E-state index contributed by atoms with van der Waals surface area (Å²) < 4.78 is 26.8. The molecule has 0 aromatic heterocycles. The van der Waals surface area contributed by atoms with E-state index in [1.165, 1.54) is 9.80 Å². The number of ether oxygens (including phenoxy) is 5. The van der Waals surface area contributed by atoms with Crippen LogP contribution in [0.3, 0.4) is 0 Å². The van der Waals surface area contributed by atoms with Crippen molar-refractivity contribution in [2.75, 3.05) is 37.9 Å². The van der Waals surface area contributed by atoms with Crippen molar-refractivity contribution in [3.05, 3.63) is 94.5 Å². The fourth-order valence-electron chi connectivity index (χ4n) is 4.93. The van der Waals surface area contributed by atoms with Gasteiger partial charge in [0, 0.05) is 49.7 Å². The Balaban J connectivity index is 1.62. The SMILES string of the molecule is CN(Cc1cccc(NC(=O)OC(C)(C)C)c1)C(=O)OCC#Cc1cc(C#CCOC(=O)N(C)Cc2cccc(NC(=O)OC(C)(C)C)c2)cc(C(=O)OC(C)(C)C)c1. The molecule has 3 aromatic rings. The van der Waals surface area contributed by atoms with Gasteiger partial charge in [-0.3, -0.25) is 10.6 Å². The molecule has 14 nitrogen and oxygen atoms in total. The maximum absolute atomic E-state index is 13.0. The van der Waals surface area contributed by atoms with Gasteiger partial charge in [0.2, 0.25) is 0 Å². The lowest BCUT2D eigenvalue weighted by molar-refractivity contribution is 0.00687. The van der Waals surface area contributed by atoms with Crippen LogP contribution in [0.15, 0.2) is 66.7 Å². The van der Waals surface area contributed by atoms with E-state index < -0.39 is 47.1 Å². The van der Waals surface area contributed by atoms with E-state index in [-0.39, 0.29) is 31.9 Å². The third-order valence-corrected chi connectivity index (χ3v) is 7.18. The number of hydrogen-bond donors (Lipinski definition) is 2. The van der Waals surface area contributed by atoms with E-state index in [1.807, 2.05) is 0 Å². The van der Waals surface area contributed by atoms with Crippen LogP contribution in [-0.4, -0.2) is 84.3 Å². The summed E-state index contributed by atoms with van der Waals surface area (Å²) in [5.74, 6) is 10.8. The minimum Gasteiger partial charge on any atom is -0.456 e. The van der Waals surface area contributed by atoms with Gasteiger partial charge < -0.3 is 33.5 Å². The van der Waals surface area contributed by atoms with E-state index in [0.29, 0.717) is 22.5 Å². The Hall–Kier alpha value is -6.67. The molecule has 0 saturated carbocycles. The largest absolute Gasteiger partial charge is 0.456 e. The fourth-order valence-corrected chi connectivity index (χ4v) is 4.93. The molecule has 0 radical (unpaired) electrons. The summed E-state index contributed by atoms with van der Waals surface area (Å²) in [6.45, 7) is 15.8. The minimum absolute atomic E-state index is 0.199. The zero-order valence-electron chi connectivity index (χ0n) is 35.7. The van der Waals surface area contributed by atoms with Gasteiger partial charge in [0.05, 0.1) is 5.56 Å². The fraction of sp³-hybridized carbons (Fsp3) is 0.400. The van der Waals surface area contributed by atoms with Crippen LogP contribution >= 0.6 is 0 Å². The number of amides is 4. The highest BCUT2D eigenvalue weighted by Gasteiger charge is 2.20. The van der Waals surface area contributed by atoms with Gasteiger partial charge >= 0.3 is 30.3 Å². The van der Waals surface area contributed by atoms with Crippen molar-refractivity contribution in [1.82, 2.24) is 9.80 Å². The molecule has 0 bridgehead atoms. The lowest BCUT2D eigenvalue weighted by Gasteiger charge is -2.20. The van der Waals surface area contributed by atoms with Gasteiger partial charge in [-0.05, 0) is 116 Å². The van der Waals surface area contributed by atoms with Crippen LogP contribution in [0.2, 0.25) is 0 Å². The second kappa shape index (κ2) is 20.7. The van der Waals surface area contributed by atoms with E-state index in [9.17, 15) is 24.0 Å². The first-order valence-corrected chi connectivity index (χ1v) is 18.7. The van der Waals surface area contributed by atoms with Crippen molar-refractivity contribution in [2.24, 2.45) is 0 Å².